The Morgan fingerprint density at radius 3 is 2.87 bits per heavy atom. The van der Waals surface area contributed by atoms with Gasteiger partial charge >= 0.3 is 0 Å². The zero-order chi connectivity index (χ0) is 10.5. The summed E-state index contributed by atoms with van der Waals surface area (Å²) in [5.41, 5.74) is 6.75. The van der Waals surface area contributed by atoms with Crippen molar-refractivity contribution in [2.75, 3.05) is 6.79 Å². The SMILES string of the molecule is NC1(Cc2cc(F)c3c(c2)OCO3)CC1. The van der Waals surface area contributed by atoms with Crippen molar-refractivity contribution in [3.05, 3.63) is 23.5 Å². The number of hydrogen-bond donors (Lipinski definition) is 1. The molecule has 15 heavy (non-hydrogen) atoms. The number of rotatable bonds is 2. The van der Waals surface area contributed by atoms with Gasteiger partial charge in [0.05, 0.1) is 0 Å². The summed E-state index contributed by atoms with van der Waals surface area (Å²) in [4.78, 5) is 0. The molecule has 0 bridgehead atoms. The molecule has 4 heteroatoms. The number of fused-ring (bicyclic) bond motifs is 1. The van der Waals surface area contributed by atoms with Gasteiger partial charge in [-0.25, -0.2) is 4.39 Å². The van der Waals surface area contributed by atoms with Crippen LogP contribution in [0.15, 0.2) is 12.1 Å². The maximum atomic E-state index is 13.5. The molecule has 0 saturated heterocycles. The van der Waals surface area contributed by atoms with Crippen molar-refractivity contribution in [2.45, 2.75) is 24.8 Å². The number of hydrogen-bond acceptors (Lipinski definition) is 3. The summed E-state index contributed by atoms with van der Waals surface area (Å²) in [6.45, 7) is 0.101. The fourth-order valence-corrected chi connectivity index (χ4v) is 1.87. The molecule has 0 spiro atoms. The molecular weight excluding hydrogens is 197 g/mol. The third-order valence-electron chi connectivity index (χ3n) is 2.94. The molecule has 3 rings (SSSR count). The van der Waals surface area contributed by atoms with E-state index in [0.29, 0.717) is 12.2 Å². The zero-order valence-electron chi connectivity index (χ0n) is 8.25. The third-order valence-corrected chi connectivity index (χ3v) is 2.94. The van der Waals surface area contributed by atoms with Crippen LogP contribution in [0, 0.1) is 5.82 Å². The molecule has 3 nitrogen and oxygen atoms in total. The maximum absolute atomic E-state index is 13.5. The molecule has 80 valence electrons. The van der Waals surface area contributed by atoms with Crippen LogP contribution in [0.5, 0.6) is 11.5 Å². The van der Waals surface area contributed by atoms with E-state index < -0.39 is 0 Å². The average molecular weight is 209 g/mol. The molecule has 1 heterocycles. The van der Waals surface area contributed by atoms with Gasteiger partial charge in [-0.3, -0.25) is 0 Å². The van der Waals surface area contributed by atoms with Crippen molar-refractivity contribution in [2.24, 2.45) is 5.73 Å². The first-order valence-corrected chi connectivity index (χ1v) is 5.03. The lowest BCUT2D eigenvalue weighted by Gasteiger charge is -2.09. The van der Waals surface area contributed by atoms with Crippen LogP contribution in [0.2, 0.25) is 0 Å². The second-order valence-electron chi connectivity index (χ2n) is 4.35. The molecule has 1 fully saturated rings. The molecule has 0 aromatic heterocycles. The van der Waals surface area contributed by atoms with Gasteiger partial charge in [0.15, 0.2) is 11.6 Å². The largest absolute Gasteiger partial charge is 0.453 e. The van der Waals surface area contributed by atoms with E-state index >= 15 is 0 Å². The highest BCUT2D eigenvalue weighted by atomic mass is 19.1. The van der Waals surface area contributed by atoms with E-state index in [-0.39, 0.29) is 23.9 Å². The van der Waals surface area contributed by atoms with Crippen LogP contribution in [-0.2, 0) is 6.42 Å². The average Bonchev–Trinajstić information content (AvgIpc) is 2.73. The predicted octanol–water partition coefficient (Wildman–Crippen LogP) is 1.59. The van der Waals surface area contributed by atoms with Gasteiger partial charge in [0.2, 0.25) is 12.5 Å². The first-order valence-electron chi connectivity index (χ1n) is 5.03. The second kappa shape index (κ2) is 2.85. The summed E-state index contributed by atoms with van der Waals surface area (Å²) in [6.07, 6.45) is 2.74. The fraction of sp³-hybridized carbons (Fsp3) is 0.455. The molecule has 0 amide bonds. The minimum Gasteiger partial charge on any atom is -0.453 e. The smallest absolute Gasteiger partial charge is 0.231 e. The second-order valence-corrected chi connectivity index (χ2v) is 4.35. The van der Waals surface area contributed by atoms with E-state index in [1.807, 2.05) is 6.07 Å². The highest BCUT2D eigenvalue weighted by Gasteiger charge is 2.38. The zero-order valence-corrected chi connectivity index (χ0v) is 8.25. The van der Waals surface area contributed by atoms with Crippen LogP contribution < -0.4 is 15.2 Å². The highest BCUT2D eigenvalue weighted by Crippen LogP contribution is 2.40. The van der Waals surface area contributed by atoms with Crippen molar-refractivity contribution >= 4 is 0 Å². The lowest BCUT2D eigenvalue weighted by molar-refractivity contribution is 0.171. The first kappa shape index (κ1) is 8.97. The Hall–Kier alpha value is -1.29. The summed E-state index contributed by atoms with van der Waals surface area (Å²) in [6, 6.07) is 3.30. The van der Waals surface area contributed by atoms with Gasteiger partial charge in [0.1, 0.15) is 0 Å². The molecule has 1 aliphatic carbocycles. The van der Waals surface area contributed by atoms with Crippen LogP contribution >= 0.6 is 0 Å². The molecule has 1 aromatic rings. The minimum absolute atomic E-state index is 0.101. The van der Waals surface area contributed by atoms with Crippen LogP contribution in [0.1, 0.15) is 18.4 Å². The van der Waals surface area contributed by atoms with Crippen LogP contribution in [0.25, 0.3) is 0 Å². The number of ether oxygens (including phenoxy) is 2. The fourth-order valence-electron chi connectivity index (χ4n) is 1.87. The van der Waals surface area contributed by atoms with E-state index in [2.05, 4.69) is 0 Å². The lowest BCUT2D eigenvalue weighted by Crippen LogP contribution is -2.24. The molecule has 0 unspecified atom stereocenters. The van der Waals surface area contributed by atoms with E-state index in [1.165, 1.54) is 6.07 Å². The summed E-state index contributed by atoms with van der Waals surface area (Å²) >= 11 is 0. The Bertz CT molecular complexity index is 415. The van der Waals surface area contributed by atoms with Crippen molar-refractivity contribution in [1.82, 2.24) is 0 Å². The van der Waals surface area contributed by atoms with Crippen LogP contribution in [-0.4, -0.2) is 12.3 Å². The Kier molecular flexibility index (Phi) is 1.71. The van der Waals surface area contributed by atoms with Crippen LogP contribution in [0.3, 0.4) is 0 Å². The standard InChI is InChI=1S/C11H12FNO2/c12-8-3-7(5-11(13)1-2-11)4-9-10(8)15-6-14-9/h3-4H,1-2,5-6,13H2. The number of halogens is 1. The Balaban J connectivity index is 1.93. The molecular formula is C11H12FNO2. The predicted molar refractivity (Wildman–Crippen MR) is 52.4 cm³/mol. The Morgan fingerprint density at radius 2 is 2.13 bits per heavy atom. The van der Waals surface area contributed by atoms with Crippen molar-refractivity contribution in [1.29, 1.82) is 0 Å². The number of nitrogens with two attached hydrogens (primary N) is 1. The van der Waals surface area contributed by atoms with Gasteiger partial charge in [-0.2, -0.15) is 0 Å². The van der Waals surface area contributed by atoms with Crippen molar-refractivity contribution < 1.29 is 13.9 Å². The van der Waals surface area contributed by atoms with Gasteiger partial charge in [-0.05, 0) is 37.0 Å². The maximum Gasteiger partial charge on any atom is 0.231 e. The molecule has 1 aliphatic heterocycles. The third kappa shape index (κ3) is 1.55. The normalized spacial score (nSPS) is 20.4. The molecule has 0 atom stereocenters. The molecule has 0 radical (unpaired) electrons. The van der Waals surface area contributed by atoms with Gasteiger partial charge in [0.25, 0.3) is 0 Å². The summed E-state index contributed by atoms with van der Waals surface area (Å²) in [5, 5.41) is 0. The van der Waals surface area contributed by atoms with Crippen molar-refractivity contribution in [3.63, 3.8) is 0 Å². The van der Waals surface area contributed by atoms with E-state index in [0.717, 1.165) is 18.4 Å². The van der Waals surface area contributed by atoms with Gasteiger partial charge in [-0.15, -0.1) is 0 Å². The van der Waals surface area contributed by atoms with Crippen LogP contribution in [0.4, 0.5) is 4.39 Å². The van der Waals surface area contributed by atoms with E-state index in [4.69, 9.17) is 15.2 Å². The molecule has 2 N–H and O–H groups in total. The first-order chi connectivity index (χ1) is 7.16. The Morgan fingerprint density at radius 1 is 1.33 bits per heavy atom. The monoisotopic (exact) mass is 209 g/mol. The van der Waals surface area contributed by atoms with Crippen molar-refractivity contribution in [3.8, 4) is 11.5 Å². The summed E-state index contributed by atoms with van der Waals surface area (Å²) in [5.74, 6) is 0.360. The van der Waals surface area contributed by atoms with Gasteiger partial charge < -0.3 is 15.2 Å². The van der Waals surface area contributed by atoms with Gasteiger partial charge in [-0.1, -0.05) is 0 Å². The van der Waals surface area contributed by atoms with E-state index in [1.54, 1.807) is 0 Å². The van der Waals surface area contributed by atoms with Gasteiger partial charge in [0, 0.05) is 5.54 Å². The topological polar surface area (TPSA) is 44.5 Å². The highest BCUT2D eigenvalue weighted by molar-refractivity contribution is 5.46. The molecule has 2 aliphatic rings. The lowest BCUT2D eigenvalue weighted by atomic mass is 10.0. The number of benzene rings is 1. The quantitative estimate of drug-likeness (QED) is 0.804. The molecule has 1 aromatic carbocycles. The minimum atomic E-state index is -0.357. The summed E-state index contributed by atoms with van der Waals surface area (Å²) in [7, 11) is 0. The summed E-state index contributed by atoms with van der Waals surface area (Å²) < 4.78 is 23.7. The molecule has 1 saturated carbocycles. The van der Waals surface area contributed by atoms with E-state index in [9.17, 15) is 4.39 Å². The Labute approximate surface area is 87.0 Å².